The Morgan fingerprint density at radius 3 is 2.35 bits per heavy atom. The molecule has 7 heteroatoms. The number of benzene rings is 2. The van der Waals surface area contributed by atoms with Crippen molar-refractivity contribution in [1.29, 1.82) is 0 Å². The van der Waals surface area contributed by atoms with E-state index in [4.69, 9.17) is 9.84 Å². The number of hydrogen-bond donors (Lipinski definition) is 1. The number of carbonyl (C=O) groups is 2. The second-order valence-electron chi connectivity index (χ2n) is 8.37. The number of rotatable bonds is 6. The van der Waals surface area contributed by atoms with Crippen LogP contribution in [0.1, 0.15) is 28.4 Å². The molecule has 2 aliphatic heterocycles. The van der Waals surface area contributed by atoms with E-state index in [-0.39, 0.29) is 11.9 Å². The summed E-state index contributed by atoms with van der Waals surface area (Å²) in [6, 6.07) is 13.2. The molecule has 1 atom stereocenters. The van der Waals surface area contributed by atoms with Crippen LogP contribution < -0.4 is 9.64 Å². The Hall–Kier alpha value is -2.90. The SMILES string of the molecule is COc1ccc2c(c1)N(C(=O)CN1CCN(Cc3ccc(C(=O)O)cc3)CC1)C(C)C2. The van der Waals surface area contributed by atoms with E-state index in [2.05, 4.69) is 22.8 Å². The van der Waals surface area contributed by atoms with Gasteiger partial charge in [0, 0.05) is 44.8 Å². The second-order valence-corrected chi connectivity index (χ2v) is 8.37. The van der Waals surface area contributed by atoms with Crippen LogP contribution in [0.4, 0.5) is 5.69 Å². The summed E-state index contributed by atoms with van der Waals surface area (Å²) in [5, 5.41) is 9.02. The summed E-state index contributed by atoms with van der Waals surface area (Å²) in [4.78, 5) is 30.6. The lowest BCUT2D eigenvalue weighted by molar-refractivity contribution is -0.120. The molecule has 0 bridgehead atoms. The zero-order valence-electron chi connectivity index (χ0n) is 18.1. The first-order valence-corrected chi connectivity index (χ1v) is 10.7. The molecule has 0 saturated carbocycles. The maximum Gasteiger partial charge on any atom is 0.335 e. The van der Waals surface area contributed by atoms with Crippen molar-refractivity contribution in [1.82, 2.24) is 9.80 Å². The van der Waals surface area contributed by atoms with Crippen LogP contribution in [0.2, 0.25) is 0 Å². The third-order valence-corrected chi connectivity index (χ3v) is 6.21. The number of carboxylic acids is 1. The molecule has 4 rings (SSSR count). The Bertz CT molecular complexity index is 952. The molecule has 0 aromatic heterocycles. The molecule has 1 fully saturated rings. The van der Waals surface area contributed by atoms with Crippen molar-refractivity contribution < 1.29 is 19.4 Å². The van der Waals surface area contributed by atoms with Gasteiger partial charge in [-0.25, -0.2) is 4.79 Å². The van der Waals surface area contributed by atoms with Crippen molar-refractivity contribution in [2.75, 3.05) is 44.7 Å². The van der Waals surface area contributed by atoms with Gasteiger partial charge in [-0.05, 0) is 42.7 Å². The molecule has 1 N–H and O–H groups in total. The van der Waals surface area contributed by atoms with E-state index < -0.39 is 5.97 Å². The summed E-state index contributed by atoms with van der Waals surface area (Å²) < 4.78 is 5.35. The van der Waals surface area contributed by atoms with Crippen LogP contribution in [0, 0.1) is 0 Å². The molecule has 1 saturated heterocycles. The van der Waals surface area contributed by atoms with Crippen LogP contribution in [-0.4, -0.2) is 72.7 Å². The fourth-order valence-corrected chi connectivity index (χ4v) is 4.48. The van der Waals surface area contributed by atoms with E-state index in [9.17, 15) is 9.59 Å². The van der Waals surface area contributed by atoms with Crippen LogP contribution in [0.3, 0.4) is 0 Å². The normalized spacial score (nSPS) is 19.3. The highest BCUT2D eigenvalue weighted by Crippen LogP contribution is 2.35. The third-order valence-electron chi connectivity index (χ3n) is 6.21. The fraction of sp³-hybridized carbons (Fsp3) is 0.417. The summed E-state index contributed by atoms with van der Waals surface area (Å²) in [5.41, 5.74) is 3.58. The van der Waals surface area contributed by atoms with Crippen molar-refractivity contribution in [2.45, 2.75) is 25.9 Å². The van der Waals surface area contributed by atoms with E-state index in [1.54, 1.807) is 19.2 Å². The first-order valence-electron chi connectivity index (χ1n) is 10.7. The van der Waals surface area contributed by atoms with Crippen LogP contribution >= 0.6 is 0 Å². The first-order chi connectivity index (χ1) is 14.9. The lowest BCUT2D eigenvalue weighted by atomic mass is 10.1. The summed E-state index contributed by atoms with van der Waals surface area (Å²) >= 11 is 0. The third kappa shape index (κ3) is 4.73. The Morgan fingerprint density at radius 2 is 1.71 bits per heavy atom. The van der Waals surface area contributed by atoms with Gasteiger partial charge in [-0.3, -0.25) is 14.6 Å². The molecule has 164 valence electrons. The van der Waals surface area contributed by atoms with Gasteiger partial charge in [0.2, 0.25) is 5.91 Å². The quantitative estimate of drug-likeness (QED) is 0.770. The molecular weight excluding hydrogens is 394 g/mol. The van der Waals surface area contributed by atoms with Crippen LogP contribution in [0.5, 0.6) is 5.75 Å². The average Bonchev–Trinajstić information content (AvgIpc) is 3.10. The number of aromatic carboxylic acids is 1. The Labute approximate surface area is 182 Å². The van der Waals surface area contributed by atoms with Gasteiger partial charge >= 0.3 is 5.97 Å². The number of piperazine rings is 1. The van der Waals surface area contributed by atoms with E-state index >= 15 is 0 Å². The predicted octanol–water partition coefficient (Wildman–Crippen LogP) is 2.49. The van der Waals surface area contributed by atoms with Gasteiger partial charge in [-0.1, -0.05) is 18.2 Å². The van der Waals surface area contributed by atoms with Gasteiger partial charge in [-0.2, -0.15) is 0 Å². The van der Waals surface area contributed by atoms with E-state index in [0.717, 1.165) is 56.1 Å². The second kappa shape index (κ2) is 9.08. The zero-order chi connectivity index (χ0) is 22.0. The van der Waals surface area contributed by atoms with Gasteiger partial charge < -0.3 is 14.7 Å². The van der Waals surface area contributed by atoms with Gasteiger partial charge in [0.15, 0.2) is 0 Å². The maximum absolute atomic E-state index is 13.1. The highest BCUT2D eigenvalue weighted by molar-refractivity contribution is 5.97. The van der Waals surface area contributed by atoms with Crippen molar-refractivity contribution in [2.24, 2.45) is 0 Å². The standard InChI is InChI=1S/C24H29N3O4/c1-17-13-20-7-8-21(31-2)14-22(20)27(17)23(28)16-26-11-9-25(10-12-26)15-18-3-5-19(6-4-18)24(29)30/h3-8,14,17H,9-13,15-16H2,1-2H3,(H,29,30). The smallest absolute Gasteiger partial charge is 0.335 e. The number of methoxy groups -OCH3 is 1. The van der Waals surface area contributed by atoms with Crippen molar-refractivity contribution in [3.63, 3.8) is 0 Å². The largest absolute Gasteiger partial charge is 0.497 e. The van der Waals surface area contributed by atoms with E-state index in [1.165, 1.54) is 5.56 Å². The molecule has 31 heavy (non-hydrogen) atoms. The summed E-state index contributed by atoms with van der Waals surface area (Å²) in [6.07, 6.45) is 0.875. The molecule has 2 aliphatic rings. The molecular formula is C24H29N3O4. The Kier molecular flexibility index (Phi) is 6.25. The molecule has 2 aromatic carbocycles. The minimum absolute atomic E-state index is 0.136. The van der Waals surface area contributed by atoms with Gasteiger partial charge in [0.25, 0.3) is 0 Å². The number of fused-ring (bicyclic) bond motifs is 1. The maximum atomic E-state index is 13.1. The summed E-state index contributed by atoms with van der Waals surface area (Å²) in [7, 11) is 1.65. The molecule has 1 amide bonds. The number of carboxylic acid groups (broad SMARTS) is 1. The highest BCUT2D eigenvalue weighted by atomic mass is 16.5. The van der Waals surface area contributed by atoms with Gasteiger partial charge in [0.1, 0.15) is 5.75 Å². The summed E-state index contributed by atoms with van der Waals surface area (Å²) in [5.74, 6) is 0.00563. The molecule has 7 nitrogen and oxygen atoms in total. The molecule has 2 heterocycles. The molecule has 2 aromatic rings. The number of anilines is 1. The number of ether oxygens (including phenoxy) is 1. The fourth-order valence-electron chi connectivity index (χ4n) is 4.48. The summed E-state index contributed by atoms with van der Waals surface area (Å²) in [6.45, 7) is 6.75. The van der Waals surface area contributed by atoms with E-state index in [1.807, 2.05) is 29.2 Å². The minimum Gasteiger partial charge on any atom is -0.497 e. The number of hydrogen-bond acceptors (Lipinski definition) is 5. The van der Waals surface area contributed by atoms with E-state index in [0.29, 0.717) is 12.1 Å². The van der Waals surface area contributed by atoms with Gasteiger partial charge in [-0.15, -0.1) is 0 Å². The number of nitrogens with zero attached hydrogens (tertiary/aromatic N) is 3. The van der Waals surface area contributed by atoms with Crippen LogP contribution in [-0.2, 0) is 17.8 Å². The van der Waals surface area contributed by atoms with Crippen molar-refractivity contribution in [3.05, 3.63) is 59.2 Å². The highest BCUT2D eigenvalue weighted by Gasteiger charge is 2.32. The minimum atomic E-state index is -0.904. The molecule has 0 spiro atoms. The lowest BCUT2D eigenvalue weighted by Crippen LogP contribution is -2.50. The molecule has 0 aliphatic carbocycles. The molecule has 0 radical (unpaired) electrons. The van der Waals surface area contributed by atoms with Crippen LogP contribution in [0.15, 0.2) is 42.5 Å². The topological polar surface area (TPSA) is 73.3 Å². The monoisotopic (exact) mass is 423 g/mol. The Balaban J connectivity index is 1.31. The lowest BCUT2D eigenvalue weighted by Gasteiger charge is -2.35. The average molecular weight is 424 g/mol. The zero-order valence-corrected chi connectivity index (χ0v) is 18.1. The van der Waals surface area contributed by atoms with Crippen molar-refractivity contribution in [3.8, 4) is 5.75 Å². The first kappa shape index (κ1) is 21.3. The number of carbonyl (C=O) groups excluding carboxylic acids is 1. The van der Waals surface area contributed by atoms with Gasteiger partial charge in [0.05, 0.1) is 24.9 Å². The predicted molar refractivity (Wildman–Crippen MR) is 119 cm³/mol. The van der Waals surface area contributed by atoms with Crippen LogP contribution in [0.25, 0.3) is 0 Å². The Morgan fingerprint density at radius 1 is 1.03 bits per heavy atom. The van der Waals surface area contributed by atoms with Crippen molar-refractivity contribution >= 4 is 17.6 Å². The number of amides is 1. The molecule has 1 unspecified atom stereocenters.